The summed E-state index contributed by atoms with van der Waals surface area (Å²) in [6.45, 7) is -1.02. The van der Waals surface area contributed by atoms with E-state index in [4.69, 9.17) is 4.52 Å². The number of piperidine rings is 1. The van der Waals surface area contributed by atoms with Crippen molar-refractivity contribution < 1.29 is 18.0 Å². The van der Waals surface area contributed by atoms with Gasteiger partial charge in [0.2, 0.25) is 0 Å². The maximum absolute atomic E-state index is 12.2. The third kappa shape index (κ3) is 3.36. The summed E-state index contributed by atoms with van der Waals surface area (Å²) in [5.41, 5.74) is 0.565. The minimum Gasteiger partial charge on any atom is -0.435 e. The third-order valence-corrected chi connectivity index (χ3v) is 3.41. The van der Waals surface area contributed by atoms with Gasteiger partial charge in [-0.3, -0.25) is 0 Å². The Balaban J connectivity index is 1.79. The van der Waals surface area contributed by atoms with Crippen molar-refractivity contribution in [3.05, 3.63) is 30.1 Å². The molecule has 21 heavy (non-hydrogen) atoms. The average Bonchev–Trinajstić information content (AvgIpc) is 2.98. The smallest absolute Gasteiger partial charge is 0.387 e. The number of hydrogen-bond donors (Lipinski definition) is 1. The standard InChI is InChI=1S/C14H15F2N3O2/c15-14(16)20-11-5-1-3-9(7-11)13-18-12(19-21-13)10-4-2-6-17-8-10/h1,3,5,7,10,14,17H,2,4,6,8H2. The summed E-state index contributed by atoms with van der Waals surface area (Å²) in [7, 11) is 0. The molecular formula is C14H15F2N3O2. The fourth-order valence-electron chi connectivity index (χ4n) is 2.40. The van der Waals surface area contributed by atoms with Gasteiger partial charge in [0.1, 0.15) is 5.75 Å². The maximum Gasteiger partial charge on any atom is 0.387 e. The Morgan fingerprint density at radius 2 is 2.29 bits per heavy atom. The van der Waals surface area contributed by atoms with Gasteiger partial charge in [-0.15, -0.1) is 0 Å². The lowest BCUT2D eigenvalue weighted by molar-refractivity contribution is -0.0498. The zero-order valence-electron chi connectivity index (χ0n) is 11.3. The lowest BCUT2D eigenvalue weighted by atomic mass is 9.99. The van der Waals surface area contributed by atoms with Gasteiger partial charge in [0, 0.05) is 18.0 Å². The van der Waals surface area contributed by atoms with Crippen molar-refractivity contribution in [2.45, 2.75) is 25.4 Å². The van der Waals surface area contributed by atoms with Gasteiger partial charge in [0.05, 0.1) is 0 Å². The molecule has 5 nitrogen and oxygen atoms in total. The van der Waals surface area contributed by atoms with Crippen molar-refractivity contribution in [2.24, 2.45) is 0 Å². The molecule has 2 heterocycles. The van der Waals surface area contributed by atoms with Gasteiger partial charge < -0.3 is 14.6 Å². The molecule has 1 aliphatic heterocycles. The topological polar surface area (TPSA) is 60.2 Å². The van der Waals surface area contributed by atoms with Crippen LogP contribution in [-0.4, -0.2) is 29.8 Å². The number of benzene rings is 1. The fraction of sp³-hybridized carbons (Fsp3) is 0.429. The van der Waals surface area contributed by atoms with E-state index in [2.05, 4.69) is 20.2 Å². The molecule has 1 unspecified atom stereocenters. The Morgan fingerprint density at radius 1 is 1.38 bits per heavy atom. The Kier molecular flexibility index (Phi) is 4.10. The van der Waals surface area contributed by atoms with Crippen molar-refractivity contribution in [3.63, 3.8) is 0 Å². The first-order valence-electron chi connectivity index (χ1n) is 6.82. The summed E-state index contributed by atoms with van der Waals surface area (Å²) in [6, 6.07) is 6.24. The van der Waals surface area contributed by atoms with E-state index in [9.17, 15) is 8.78 Å². The summed E-state index contributed by atoms with van der Waals surface area (Å²) in [4.78, 5) is 4.36. The quantitative estimate of drug-likeness (QED) is 0.940. The van der Waals surface area contributed by atoms with Gasteiger partial charge in [0.25, 0.3) is 5.89 Å². The first-order chi connectivity index (χ1) is 10.2. The predicted molar refractivity (Wildman–Crippen MR) is 71.2 cm³/mol. The van der Waals surface area contributed by atoms with E-state index in [0.717, 1.165) is 25.9 Å². The van der Waals surface area contributed by atoms with Crippen LogP contribution in [0.1, 0.15) is 24.6 Å². The SMILES string of the molecule is FC(F)Oc1cccc(-c2nc(C3CCCNC3)no2)c1. The molecule has 1 atom stereocenters. The van der Waals surface area contributed by atoms with Crippen LogP contribution < -0.4 is 10.1 Å². The minimum absolute atomic E-state index is 0.0709. The van der Waals surface area contributed by atoms with Crippen LogP contribution in [0.3, 0.4) is 0 Å². The van der Waals surface area contributed by atoms with Crippen LogP contribution in [-0.2, 0) is 0 Å². The molecule has 1 saturated heterocycles. The van der Waals surface area contributed by atoms with E-state index in [1.54, 1.807) is 12.1 Å². The van der Waals surface area contributed by atoms with E-state index < -0.39 is 6.61 Å². The summed E-state index contributed by atoms with van der Waals surface area (Å²) in [6.07, 6.45) is 2.09. The van der Waals surface area contributed by atoms with E-state index in [-0.39, 0.29) is 11.7 Å². The number of nitrogens with zero attached hydrogens (tertiary/aromatic N) is 2. The highest BCUT2D eigenvalue weighted by Crippen LogP contribution is 2.26. The molecule has 2 aromatic rings. The van der Waals surface area contributed by atoms with Crippen molar-refractivity contribution in [1.82, 2.24) is 15.5 Å². The minimum atomic E-state index is -2.85. The normalized spacial score (nSPS) is 18.9. The molecule has 1 aromatic carbocycles. The van der Waals surface area contributed by atoms with Gasteiger partial charge in [0.15, 0.2) is 5.82 Å². The van der Waals surface area contributed by atoms with Crippen LogP contribution in [0.15, 0.2) is 28.8 Å². The Morgan fingerprint density at radius 3 is 3.05 bits per heavy atom. The molecule has 0 spiro atoms. The number of rotatable bonds is 4. The van der Waals surface area contributed by atoms with Crippen LogP contribution in [0.4, 0.5) is 8.78 Å². The molecule has 1 N–H and O–H groups in total. The monoisotopic (exact) mass is 295 g/mol. The van der Waals surface area contributed by atoms with Crippen molar-refractivity contribution in [1.29, 1.82) is 0 Å². The highest BCUT2D eigenvalue weighted by atomic mass is 19.3. The molecule has 1 fully saturated rings. The fourth-order valence-corrected chi connectivity index (χ4v) is 2.40. The molecular weight excluding hydrogens is 280 g/mol. The largest absolute Gasteiger partial charge is 0.435 e. The second kappa shape index (κ2) is 6.17. The molecule has 7 heteroatoms. The summed E-state index contributed by atoms with van der Waals surface area (Å²) in [5.74, 6) is 1.27. The van der Waals surface area contributed by atoms with E-state index in [1.165, 1.54) is 12.1 Å². The van der Waals surface area contributed by atoms with E-state index >= 15 is 0 Å². The van der Waals surface area contributed by atoms with Crippen LogP contribution in [0.5, 0.6) is 5.75 Å². The Labute approximate surface area is 120 Å². The summed E-state index contributed by atoms with van der Waals surface area (Å²) >= 11 is 0. The lowest BCUT2D eigenvalue weighted by Crippen LogP contribution is -2.28. The first kappa shape index (κ1) is 13.9. The third-order valence-electron chi connectivity index (χ3n) is 3.41. The molecule has 0 bridgehead atoms. The van der Waals surface area contributed by atoms with Crippen molar-refractivity contribution in [3.8, 4) is 17.2 Å². The van der Waals surface area contributed by atoms with Crippen LogP contribution in [0.2, 0.25) is 0 Å². The first-order valence-corrected chi connectivity index (χ1v) is 6.82. The maximum atomic E-state index is 12.2. The number of nitrogens with one attached hydrogen (secondary N) is 1. The summed E-state index contributed by atoms with van der Waals surface area (Å²) < 4.78 is 34.0. The molecule has 0 saturated carbocycles. The van der Waals surface area contributed by atoms with Crippen LogP contribution >= 0.6 is 0 Å². The van der Waals surface area contributed by atoms with Gasteiger partial charge in [-0.25, -0.2) is 0 Å². The van der Waals surface area contributed by atoms with Crippen molar-refractivity contribution >= 4 is 0 Å². The van der Waals surface area contributed by atoms with E-state index in [1.807, 2.05) is 0 Å². The number of aromatic nitrogens is 2. The lowest BCUT2D eigenvalue weighted by Gasteiger charge is -2.19. The molecule has 3 rings (SSSR count). The molecule has 0 radical (unpaired) electrons. The van der Waals surface area contributed by atoms with Gasteiger partial charge >= 0.3 is 6.61 Å². The van der Waals surface area contributed by atoms with Gasteiger partial charge in [-0.2, -0.15) is 13.8 Å². The number of ether oxygens (including phenoxy) is 1. The highest BCUT2D eigenvalue weighted by Gasteiger charge is 2.21. The van der Waals surface area contributed by atoms with Crippen LogP contribution in [0, 0.1) is 0 Å². The van der Waals surface area contributed by atoms with Gasteiger partial charge in [-0.05, 0) is 37.6 Å². The number of alkyl halides is 2. The second-order valence-corrected chi connectivity index (χ2v) is 4.91. The Bertz CT molecular complexity index is 597. The van der Waals surface area contributed by atoms with Crippen LogP contribution in [0.25, 0.3) is 11.5 Å². The average molecular weight is 295 g/mol. The highest BCUT2D eigenvalue weighted by molar-refractivity contribution is 5.55. The zero-order valence-corrected chi connectivity index (χ0v) is 11.3. The second-order valence-electron chi connectivity index (χ2n) is 4.91. The van der Waals surface area contributed by atoms with E-state index in [0.29, 0.717) is 17.3 Å². The zero-order chi connectivity index (χ0) is 14.7. The molecule has 1 aromatic heterocycles. The van der Waals surface area contributed by atoms with Crippen molar-refractivity contribution in [2.75, 3.05) is 13.1 Å². The summed E-state index contributed by atoms with van der Waals surface area (Å²) in [5, 5.41) is 7.28. The predicted octanol–water partition coefficient (Wildman–Crippen LogP) is 2.80. The van der Waals surface area contributed by atoms with Gasteiger partial charge in [-0.1, -0.05) is 11.2 Å². The number of hydrogen-bond acceptors (Lipinski definition) is 5. The molecule has 1 aliphatic rings. The molecule has 0 aliphatic carbocycles. The molecule has 0 amide bonds. The number of halogens is 2. The molecule has 112 valence electrons. The Hall–Kier alpha value is -2.02.